The highest BCUT2D eigenvalue weighted by molar-refractivity contribution is 5.30. The van der Waals surface area contributed by atoms with Crippen molar-refractivity contribution in [2.24, 2.45) is 0 Å². The van der Waals surface area contributed by atoms with Crippen molar-refractivity contribution in [1.82, 2.24) is 4.57 Å². The first kappa shape index (κ1) is 32.2. The predicted octanol–water partition coefficient (Wildman–Crippen LogP) is 10.8. The summed E-state index contributed by atoms with van der Waals surface area (Å²) in [7, 11) is 0. The van der Waals surface area contributed by atoms with Gasteiger partial charge in [0.1, 0.15) is 18.4 Å². The Kier molecular flexibility index (Phi) is 15.2. The molecule has 1 aromatic heterocycles. The van der Waals surface area contributed by atoms with E-state index in [4.69, 9.17) is 0 Å². The van der Waals surface area contributed by atoms with Crippen LogP contribution < -0.4 is 4.57 Å². The van der Waals surface area contributed by atoms with Gasteiger partial charge in [0.25, 0.3) is 0 Å². The molecule has 2 heteroatoms. The van der Waals surface area contributed by atoms with Crippen LogP contribution >= 0.6 is 0 Å². The lowest BCUT2D eigenvalue weighted by atomic mass is 9.70. The van der Waals surface area contributed by atoms with Crippen molar-refractivity contribution in [3.05, 3.63) is 90.5 Å². The molecule has 0 aliphatic heterocycles. The van der Waals surface area contributed by atoms with Crippen LogP contribution in [0.1, 0.15) is 141 Å². The minimum atomic E-state index is 0.0184. The SMILES string of the molecule is CCCCCCCCCCCCCCCC[n+]1ccn(C(CCC)C(C)(Cc2ccccc2)c2ccccc2)c1. The molecule has 0 bridgehead atoms. The molecule has 0 spiro atoms. The molecule has 3 aromatic rings. The molecule has 2 aromatic carbocycles. The zero-order chi connectivity index (χ0) is 28.3. The van der Waals surface area contributed by atoms with E-state index in [0.717, 1.165) is 13.0 Å². The lowest BCUT2D eigenvalue weighted by molar-refractivity contribution is -0.697. The monoisotopic (exact) mass is 543 g/mol. The topological polar surface area (TPSA) is 8.81 Å². The first-order chi connectivity index (χ1) is 19.7. The van der Waals surface area contributed by atoms with Gasteiger partial charge >= 0.3 is 0 Å². The molecule has 2 nitrogen and oxygen atoms in total. The number of aromatic nitrogens is 2. The van der Waals surface area contributed by atoms with Crippen LogP contribution in [0.2, 0.25) is 0 Å². The quantitative estimate of drug-likeness (QED) is 0.0880. The molecule has 220 valence electrons. The first-order valence-electron chi connectivity index (χ1n) is 16.8. The first-order valence-corrected chi connectivity index (χ1v) is 16.8. The fourth-order valence-corrected chi connectivity index (χ4v) is 6.54. The smallest absolute Gasteiger partial charge is 0.237 e. The van der Waals surface area contributed by atoms with E-state index < -0.39 is 0 Å². The summed E-state index contributed by atoms with van der Waals surface area (Å²) in [6.07, 6.45) is 30.2. The van der Waals surface area contributed by atoms with Gasteiger partial charge in [0.05, 0.1) is 6.54 Å². The van der Waals surface area contributed by atoms with Crippen LogP contribution in [0, 0.1) is 0 Å². The van der Waals surface area contributed by atoms with Gasteiger partial charge in [0.2, 0.25) is 6.33 Å². The van der Waals surface area contributed by atoms with Gasteiger partial charge in [-0.1, -0.05) is 165 Å². The maximum atomic E-state index is 2.52. The Morgan fingerprint density at radius 2 is 1.18 bits per heavy atom. The van der Waals surface area contributed by atoms with E-state index in [9.17, 15) is 0 Å². The Hall–Kier alpha value is -2.35. The number of hydrogen-bond acceptors (Lipinski definition) is 0. The molecular weight excluding hydrogens is 484 g/mol. The minimum absolute atomic E-state index is 0.0184. The second-order valence-corrected chi connectivity index (χ2v) is 12.4. The molecule has 0 amide bonds. The number of benzene rings is 2. The highest BCUT2D eigenvalue weighted by atomic mass is 15.1. The fraction of sp³-hybridized carbons (Fsp3) is 0.605. The number of hydrogen-bond donors (Lipinski definition) is 0. The van der Waals surface area contributed by atoms with Crippen molar-refractivity contribution in [3.63, 3.8) is 0 Å². The molecule has 3 rings (SSSR count). The van der Waals surface area contributed by atoms with Gasteiger partial charge in [-0.2, -0.15) is 0 Å². The lowest BCUT2D eigenvalue weighted by Gasteiger charge is -2.36. The van der Waals surface area contributed by atoms with Crippen LogP contribution in [0.3, 0.4) is 0 Å². The van der Waals surface area contributed by atoms with Crippen LogP contribution in [0.4, 0.5) is 0 Å². The average molecular weight is 544 g/mol. The summed E-state index contributed by atoms with van der Waals surface area (Å²) in [5.74, 6) is 0. The number of rotatable bonds is 22. The Bertz CT molecular complexity index is 1010. The molecule has 1 heterocycles. The van der Waals surface area contributed by atoms with E-state index in [-0.39, 0.29) is 5.41 Å². The third-order valence-electron chi connectivity index (χ3n) is 8.99. The van der Waals surface area contributed by atoms with Gasteiger partial charge in [0.15, 0.2) is 0 Å². The minimum Gasteiger partial charge on any atom is -0.237 e. The van der Waals surface area contributed by atoms with Gasteiger partial charge in [-0.05, 0) is 36.8 Å². The second kappa shape index (κ2) is 18.9. The molecule has 0 N–H and O–H groups in total. The van der Waals surface area contributed by atoms with E-state index in [1.165, 1.54) is 114 Å². The normalized spacial score (nSPS) is 13.8. The highest BCUT2D eigenvalue weighted by Gasteiger charge is 2.39. The third kappa shape index (κ3) is 10.9. The summed E-state index contributed by atoms with van der Waals surface area (Å²) in [5.41, 5.74) is 2.87. The number of nitrogens with zero attached hydrogens (tertiary/aromatic N) is 2. The molecule has 0 radical (unpaired) electrons. The zero-order valence-electron chi connectivity index (χ0n) is 26.2. The molecular formula is C38H59N2+. The molecule has 0 fully saturated rings. The second-order valence-electron chi connectivity index (χ2n) is 12.4. The lowest BCUT2D eigenvalue weighted by Crippen LogP contribution is -2.37. The zero-order valence-corrected chi connectivity index (χ0v) is 26.2. The van der Waals surface area contributed by atoms with Crippen molar-refractivity contribution < 1.29 is 4.57 Å². The average Bonchev–Trinajstić information content (AvgIpc) is 3.45. The number of aryl methyl sites for hydroxylation is 1. The maximum absolute atomic E-state index is 2.52. The summed E-state index contributed by atoms with van der Waals surface area (Å²) in [4.78, 5) is 0. The van der Waals surface area contributed by atoms with Crippen LogP contribution in [-0.4, -0.2) is 4.57 Å². The van der Waals surface area contributed by atoms with Crippen LogP contribution in [-0.2, 0) is 18.4 Å². The number of imidazole rings is 1. The van der Waals surface area contributed by atoms with Crippen molar-refractivity contribution in [2.75, 3.05) is 0 Å². The summed E-state index contributed by atoms with van der Waals surface area (Å²) in [6, 6.07) is 22.7. The molecule has 0 aliphatic carbocycles. The molecule has 40 heavy (non-hydrogen) atoms. The van der Waals surface area contributed by atoms with Crippen molar-refractivity contribution in [3.8, 4) is 0 Å². The fourth-order valence-electron chi connectivity index (χ4n) is 6.54. The molecule has 0 saturated carbocycles. The van der Waals surface area contributed by atoms with Crippen LogP contribution in [0.5, 0.6) is 0 Å². The summed E-state index contributed by atoms with van der Waals surface area (Å²) < 4.78 is 4.94. The van der Waals surface area contributed by atoms with Gasteiger partial charge in [-0.3, -0.25) is 0 Å². The van der Waals surface area contributed by atoms with E-state index >= 15 is 0 Å². The van der Waals surface area contributed by atoms with Crippen molar-refractivity contribution >= 4 is 0 Å². The summed E-state index contributed by atoms with van der Waals surface area (Å²) >= 11 is 0. The van der Waals surface area contributed by atoms with Gasteiger partial charge in [0, 0.05) is 5.41 Å². The third-order valence-corrected chi connectivity index (χ3v) is 8.99. The van der Waals surface area contributed by atoms with E-state index in [0.29, 0.717) is 6.04 Å². The molecule has 2 atom stereocenters. The Morgan fingerprint density at radius 1 is 0.650 bits per heavy atom. The maximum Gasteiger partial charge on any atom is 0.244 e. The van der Waals surface area contributed by atoms with Crippen LogP contribution in [0.25, 0.3) is 0 Å². The summed E-state index contributed by atoms with van der Waals surface area (Å²) in [6.45, 7) is 8.24. The Balaban J connectivity index is 1.45. The van der Waals surface area contributed by atoms with Crippen molar-refractivity contribution in [1.29, 1.82) is 0 Å². The number of unbranched alkanes of at least 4 members (excludes halogenated alkanes) is 13. The summed E-state index contributed by atoms with van der Waals surface area (Å²) in [5, 5.41) is 0. The highest BCUT2D eigenvalue weighted by Crippen LogP contribution is 2.41. The molecule has 0 aliphatic rings. The predicted molar refractivity (Wildman–Crippen MR) is 173 cm³/mol. The molecule has 2 unspecified atom stereocenters. The van der Waals surface area contributed by atoms with E-state index in [2.05, 4.69) is 109 Å². The van der Waals surface area contributed by atoms with E-state index in [1.807, 2.05) is 0 Å². The molecule has 0 saturated heterocycles. The van der Waals surface area contributed by atoms with Gasteiger partial charge in [-0.25, -0.2) is 9.13 Å². The Morgan fingerprint density at radius 3 is 1.73 bits per heavy atom. The van der Waals surface area contributed by atoms with Gasteiger partial charge in [-0.15, -0.1) is 0 Å². The Labute approximate surface area is 247 Å². The van der Waals surface area contributed by atoms with Gasteiger partial charge < -0.3 is 0 Å². The van der Waals surface area contributed by atoms with Crippen molar-refractivity contribution in [2.45, 2.75) is 148 Å². The standard InChI is InChI=1S/C38H59N2/c1-4-6-7-8-9-10-11-12-13-14-15-16-17-24-30-39-31-32-40(34-39)37(25-5-2)38(3,36-28-22-19-23-29-36)33-35-26-20-18-21-27-35/h18-23,26-29,31-32,34,37H,4-17,24-25,30,33H2,1-3H3/q+1. The largest absolute Gasteiger partial charge is 0.244 e. The van der Waals surface area contributed by atoms with E-state index in [1.54, 1.807) is 0 Å². The van der Waals surface area contributed by atoms with Crippen LogP contribution in [0.15, 0.2) is 79.4 Å².